The monoisotopic (exact) mass is 276 g/mol. The summed E-state index contributed by atoms with van der Waals surface area (Å²) in [6.45, 7) is 13.6. The van der Waals surface area contributed by atoms with Gasteiger partial charge in [0.1, 0.15) is 0 Å². The molecule has 2 heteroatoms. The van der Waals surface area contributed by atoms with Gasteiger partial charge in [-0.25, -0.2) is 0 Å². The first kappa shape index (κ1) is 16.2. The van der Waals surface area contributed by atoms with Crippen LogP contribution in [0.2, 0.25) is 18.1 Å². The topological polar surface area (TPSA) is 9.23 Å². The fourth-order valence-electron chi connectivity index (χ4n) is 1.69. The maximum Gasteiger partial charge on any atom is 0.192 e. The average molecular weight is 276 g/mol. The molecule has 0 aliphatic carbocycles. The summed E-state index contributed by atoms with van der Waals surface area (Å²) in [4.78, 5) is 0. The number of hydrogen-bond acceptors (Lipinski definition) is 1. The SMILES string of the molecule is CC(/C=C/Cc1ccccc1)O[Si](C)(C)C(C)(C)C. The van der Waals surface area contributed by atoms with Crippen molar-refractivity contribution >= 4 is 8.32 Å². The molecule has 106 valence electrons. The molecule has 0 aliphatic heterocycles. The molecule has 1 atom stereocenters. The molecule has 0 bridgehead atoms. The standard InChI is InChI=1S/C17H28OSi/c1-15(18-19(5,6)17(2,3)4)11-10-14-16-12-8-7-9-13-16/h7-13,15H,14H2,1-6H3/b11-10+. The zero-order valence-electron chi connectivity index (χ0n) is 13.2. The van der Waals surface area contributed by atoms with E-state index in [9.17, 15) is 0 Å². The zero-order valence-corrected chi connectivity index (χ0v) is 14.2. The second-order valence-electron chi connectivity index (χ2n) is 6.70. The summed E-state index contributed by atoms with van der Waals surface area (Å²) in [5, 5.41) is 0.272. The maximum absolute atomic E-state index is 6.29. The molecule has 1 unspecified atom stereocenters. The number of allylic oxidation sites excluding steroid dienone is 1. The third-order valence-electron chi connectivity index (χ3n) is 3.89. The first-order valence-electron chi connectivity index (χ1n) is 7.11. The molecule has 1 nitrogen and oxygen atoms in total. The highest BCUT2D eigenvalue weighted by Gasteiger charge is 2.37. The van der Waals surface area contributed by atoms with Gasteiger partial charge in [-0.05, 0) is 37.0 Å². The van der Waals surface area contributed by atoms with Crippen LogP contribution in [0.4, 0.5) is 0 Å². The first-order chi connectivity index (χ1) is 8.72. The summed E-state index contributed by atoms with van der Waals surface area (Å²) in [6.07, 6.45) is 5.58. The second kappa shape index (κ2) is 6.53. The minimum atomic E-state index is -1.65. The first-order valence-corrected chi connectivity index (χ1v) is 10.0. The fourth-order valence-corrected chi connectivity index (χ4v) is 3.05. The van der Waals surface area contributed by atoms with E-state index in [1.54, 1.807) is 0 Å². The lowest BCUT2D eigenvalue weighted by Crippen LogP contribution is -2.42. The van der Waals surface area contributed by atoms with E-state index in [1.807, 2.05) is 0 Å². The molecular formula is C17H28OSi. The maximum atomic E-state index is 6.29. The van der Waals surface area contributed by atoms with E-state index in [1.165, 1.54) is 5.56 Å². The molecule has 0 N–H and O–H groups in total. The number of hydrogen-bond donors (Lipinski definition) is 0. The van der Waals surface area contributed by atoms with Crippen LogP contribution >= 0.6 is 0 Å². The Hall–Kier alpha value is -0.863. The molecular weight excluding hydrogens is 248 g/mol. The third kappa shape index (κ3) is 5.33. The van der Waals surface area contributed by atoms with Crippen molar-refractivity contribution in [3.8, 4) is 0 Å². The molecule has 1 aromatic carbocycles. The molecule has 1 aromatic rings. The third-order valence-corrected chi connectivity index (χ3v) is 8.46. The normalized spacial score (nSPS) is 14.8. The quantitative estimate of drug-likeness (QED) is 0.531. The van der Waals surface area contributed by atoms with Crippen LogP contribution in [0.25, 0.3) is 0 Å². The molecule has 0 saturated carbocycles. The lowest BCUT2D eigenvalue weighted by Gasteiger charge is -2.37. The van der Waals surface area contributed by atoms with Crippen molar-refractivity contribution < 1.29 is 4.43 Å². The van der Waals surface area contributed by atoms with Crippen LogP contribution in [0.3, 0.4) is 0 Å². The van der Waals surface area contributed by atoms with Crippen molar-refractivity contribution in [1.82, 2.24) is 0 Å². The van der Waals surface area contributed by atoms with Crippen molar-refractivity contribution in [2.75, 3.05) is 0 Å². The van der Waals surface area contributed by atoms with Crippen LogP contribution in [0.15, 0.2) is 42.5 Å². The van der Waals surface area contributed by atoms with Crippen LogP contribution < -0.4 is 0 Å². The van der Waals surface area contributed by atoms with Gasteiger partial charge in [0.25, 0.3) is 0 Å². The van der Waals surface area contributed by atoms with E-state index in [-0.39, 0.29) is 11.1 Å². The average Bonchev–Trinajstić information content (AvgIpc) is 2.28. The van der Waals surface area contributed by atoms with E-state index in [0.717, 1.165) is 6.42 Å². The molecule has 0 saturated heterocycles. The molecule has 0 heterocycles. The minimum absolute atomic E-state index is 0.199. The Morgan fingerprint density at radius 1 is 1.16 bits per heavy atom. The zero-order chi connectivity index (χ0) is 14.5. The van der Waals surface area contributed by atoms with Gasteiger partial charge in [-0.1, -0.05) is 63.3 Å². The van der Waals surface area contributed by atoms with Crippen molar-refractivity contribution in [2.45, 2.75) is 58.4 Å². The van der Waals surface area contributed by atoms with E-state index >= 15 is 0 Å². The van der Waals surface area contributed by atoms with Crippen molar-refractivity contribution in [3.05, 3.63) is 48.0 Å². The number of rotatable bonds is 5. The summed E-state index contributed by atoms with van der Waals surface area (Å²) >= 11 is 0. The minimum Gasteiger partial charge on any atom is -0.411 e. The molecule has 0 spiro atoms. The Bertz CT molecular complexity index is 401. The van der Waals surface area contributed by atoms with Gasteiger partial charge in [0, 0.05) is 0 Å². The molecule has 1 rings (SSSR count). The van der Waals surface area contributed by atoms with Gasteiger partial charge >= 0.3 is 0 Å². The van der Waals surface area contributed by atoms with Crippen LogP contribution in [-0.2, 0) is 10.8 Å². The van der Waals surface area contributed by atoms with Crippen LogP contribution in [0.5, 0.6) is 0 Å². The predicted molar refractivity (Wildman–Crippen MR) is 87.0 cm³/mol. The highest BCUT2D eigenvalue weighted by atomic mass is 28.4. The molecule has 0 fully saturated rings. The second-order valence-corrected chi connectivity index (χ2v) is 11.5. The smallest absolute Gasteiger partial charge is 0.192 e. The summed E-state index contributed by atoms with van der Waals surface area (Å²) in [5.74, 6) is 0. The number of benzene rings is 1. The van der Waals surface area contributed by atoms with Crippen LogP contribution in [0, 0.1) is 0 Å². The Morgan fingerprint density at radius 3 is 2.26 bits per heavy atom. The van der Waals surface area contributed by atoms with E-state index < -0.39 is 8.32 Å². The van der Waals surface area contributed by atoms with Crippen LogP contribution in [-0.4, -0.2) is 14.4 Å². The van der Waals surface area contributed by atoms with Gasteiger partial charge in [-0.15, -0.1) is 0 Å². The summed E-state index contributed by atoms with van der Waals surface area (Å²) < 4.78 is 6.29. The Morgan fingerprint density at radius 2 is 1.74 bits per heavy atom. The Kier molecular flexibility index (Phi) is 5.57. The van der Waals surface area contributed by atoms with Crippen molar-refractivity contribution in [1.29, 1.82) is 0 Å². The van der Waals surface area contributed by atoms with E-state index in [2.05, 4.69) is 83.3 Å². The molecule has 19 heavy (non-hydrogen) atoms. The largest absolute Gasteiger partial charge is 0.411 e. The fraction of sp³-hybridized carbons (Fsp3) is 0.529. The van der Waals surface area contributed by atoms with Gasteiger partial charge in [0.15, 0.2) is 8.32 Å². The summed E-state index contributed by atoms with van der Waals surface area (Å²) in [7, 11) is -1.65. The van der Waals surface area contributed by atoms with Crippen molar-refractivity contribution in [3.63, 3.8) is 0 Å². The molecule has 0 aliphatic rings. The predicted octanol–water partition coefficient (Wildman–Crippen LogP) is 5.20. The summed E-state index contributed by atoms with van der Waals surface area (Å²) in [5.41, 5.74) is 1.35. The highest BCUT2D eigenvalue weighted by Crippen LogP contribution is 2.37. The lowest BCUT2D eigenvalue weighted by molar-refractivity contribution is 0.243. The summed E-state index contributed by atoms with van der Waals surface area (Å²) in [6, 6.07) is 10.5. The molecule has 0 radical (unpaired) electrons. The Labute approximate surface area is 119 Å². The molecule has 0 aromatic heterocycles. The van der Waals surface area contributed by atoms with E-state index in [0.29, 0.717) is 0 Å². The van der Waals surface area contributed by atoms with Gasteiger partial charge in [0.05, 0.1) is 6.10 Å². The van der Waals surface area contributed by atoms with Gasteiger partial charge in [-0.2, -0.15) is 0 Å². The van der Waals surface area contributed by atoms with Crippen LogP contribution in [0.1, 0.15) is 33.3 Å². The lowest BCUT2D eigenvalue weighted by atomic mass is 10.1. The molecule has 0 amide bonds. The Balaban J connectivity index is 2.50. The van der Waals surface area contributed by atoms with Gasteiger partial charge < -0.3 is 4.43 Å². The highest BCUT2D eigenvalue weighted by molar-refractivity contribution is 6.74. The van der Waals surface area contributed by atoms with E-state index in [4.69, 9.17) is 4.43 Å². The van der Waals surface area contributed by atoms with Gasteiger partial charge in [-0.3, -0.25) is 0 Å². The van der Waals surface area contributed by atoms with Crippen molar-refractivity contribution in [2.24, 2.45) is 0 Å². The van der Waals surface area contributed by atoms with Gasteiger partial charge in [0.2, 0.25) is 0 Å².